The standard InChI is InChI=1S/C24H21N3O2/c1-16-11-13-18(14-12-16)23(17-7-3-2-4-8-17)25-22(28)15-21-19-9-5-6-10-20(19)24(29)27-26-21/h2-14,23H,15H2,1H3,(H,25,28)(H,27,29). The molecule has 0 aliphatic heterocycles. The summed E-state index contributed by atoms with van der Waals surface area (Å²) < 4.78 is 0. The summed E-state index contributed by atoms with van der Waals surface area (Å²) in [7, 11) is 0. The maximum atomic E-state index is 12.9. The fourth-order valence-corrected chi connectivity index (χ4v) is 3.43. The molecule has 0 aliphatic carbocycles. The van der Waals surface area contributed by atoms with Crippen LogP contribution in [0.3, 0.4) is 0 Å². The van der Waals surface area contributed by atoms with Crippen LogP contribution in [-0.2, 0) is 11.2 Å². The molecular formula is C24H21N3O2. The number of aromatic amines is 1. The van der Waals surface area contributed by atoms with Gasteiger partial charge in [0.05, 0.1) is 23.5 Å². The van der Waals surface area contributed by atoms with Gasteiger partial charge >= 0.3 is 0 Å². The largest absolute Gasteiger partial charge is 0.345 e. The fourth-order valence-electron chi connectivity index (χ4n) is 3.43. The highest BCUT2D eigenvalue weighted by molar-refractivity contribution is 5.88. The van der Waals surface area contributed by atoms with Crippen LogP contribution < -0.4 is 10.9 Å². The van der Waals surface area contributed by atoms with E-state index in [0.717, 1.165) is 16.7 Å². The van der Waals surface area contributed by atoms with E-state index in [2.05, 4.69) is 15.5 Å². The topological polar surface area (TPSA) is 74.8 Å². The Morgan fingerprint density at radius 1 is 0.897 bits per heavy atom. The minimum Gasteiger partial charge on any atom is -0.345 e. The number of rotatable bonds is 5. The molecule has 1 unspecified atom stereocenters. The molecule has 0 aliphatic rings. The average Bonchev–Trinajstić information content (AvgIpc) is 2.76. The molecule has 0 spiro atoms. The Morgan fingerprint density at radius 2 is 1.52 bits per heavy atom. The van der Waals surface area contributed by atoms with Gasteiger partial charge in [0.15, 0.2) is 0 Å². The van der Waals surface area contributed by atoms with E-state index in [9.17, 15) is 9.59 Å². The third-order valence-electron chi connectivity index (χ3n) is 4.95. The molecule has 1 aromatic heterocycles. The molecule has 0 saturated carbocycles. The monoisotopic (exact) mass is 383 g/mol. The van der Waals surface area contributed by atoms with Gasteiger partial charge in [-0.25, -0.2) is 5.10 Å². The van der Waals surface area contributed by atoms with Crippen LogP contribution in [0.1, 0.15) is 28.4 Å². The molecule has 0 bridgehead atoms. The number of carbonyl (C=O) groups excluding carboxylic acids is 1. The van der Waals surface area contributed by atoms with Gasteiger partial charge in [-0.15, -0.1) is 0 Å². The van der Waals surface area contributed by atoms with Crippen molar-refractivity contribution in [2.45, 2.75) is 19.4 Å². The summed E-state index contributed by atoms with van der Waals surface area (Å²) in [5.74, 6) is -0.163. The summed E-state index contributed by atoms with van der Waals surface area (Å²) >= 11 is 0. The summed E-state index contributed by atoms with van der Waals surface area (Å²) in [4.78, 5) is 24.9. The van der Waals surface area contributed by atoms with Crippen LogP contribution in [0.5, 0.6) is 0 Å². The van der Waals surface area contributed by atoms with Crippen molar-refractivity contribution in [3.8, 4) is 0 Å². The number of nitrogens with one attached hydrogen (secondary N) is 2. The van der Waals surface area contributed by atoms with Gasteiger partial charge < -0.3 is 5.32 Å². The molecule has 5 nitrogen and oxygen atoms in total. The van der Waals surface area contributed by atoms with Gasteiger partial charge in [-0.05, 0) is 24.1 Å². The number of aromatic nitrogens is 2. The third kappa shape index (κ3) is 4.09. The van der Waals surface area contributed by atoms with E-state index in [0.29, 0.717) is 16.5 Å². The van der Waals surface area contributed by atoms with Crippen molar-refractivity contribution in [3.63, 3.8) is 0 Å². The van der Waals surface area contributed by atoms with Crippen molar-refractivity contribution in [1.82, 2.24) is 15.5 Å². The lowest BCUT2D eigenvalue weighted by atomic mass is 9.97. The van der Waals surface area contributed by atoms with E-state index >= 15 is 0 Å². The Morgan fingerprint density at radius 3 is 2.24 bits per heavy atom. The number of amides is 1. The van der Waals surface area contributed by atoms with Gasteiger partial charge in [0, 0.05) is 5.39 Å². The SMILES string of the molecule is Cc1ccc(C(NC(=O)Cc2n[nH]c(=O)c3ccccc23)c2ccccc2)cc1. The Bertz CT molecular complexity index is 1200. The molecule has 4 rings (SSSR count). The first kappa shape index (κ1) is 18.6. The van der Waals surface area contributed by atoms with Crippen molar-refractivity contribution in [2.24, 2.45) is 0 Å². The van der Waals surface area contributed by atoms with Crippen LogP contribution in [0.25, 0.3) is 10.8 Å². The van der Waals surface area contributed by atoms with Crippen molar-refractivity contribution in [1.29, 1.82) is 0 Å². The second kappa shape index (κ2) is 8.10. The van der Waals surface area contributed by atoms with Crippen LogP contribution in [0.4, 0.5) is 0 Å². The number of benzene rings is 3. The smallest absolute Gasteiger partial charge is 0.272 e. The van der Waals surface area contributed by atoms with Crippen molar-refractivity contribution in [2.75, 3.05) is 0 Å². The lowest BCUT2D eigenvalue weighted by molar-refractivity contribution is -0.121. The van der Waals surface area contributed by atoms with Crippen LogP contribution >= 0.6 is 0 Å². The first-order valence-corrected chi connectivity index (χ1v) is 9.49. The summed E-state index contributed by atoms with van der Waals surface area (Å²) in [6.45, 7) is 2.03. The van der Waals surface area contributed by atoms with E-state index < -0.39 is 0 Å². The number of aryl methyl sites for hydroxylation is 1. The summed E-state index contributed by atoms with van der Waals surface area (Å²) in [5.41, 5.74) is 3.47. The average molecular weight is 383 g/mol. The Balaban J connectivity index is 1.63. The summed E-state index contributed by atoms with van der Waals surface area (Å²) in [6, 6.07) is 24.9. The highest BCUT2D eigenvalue weighted by atomic mass is 16.1. The first-order chi connectivity index (χ1) is 14.1. The Hall–Kier alpha value is -3.73. The van der Waals surface area contributed by atoms with Crippen molar-refractivity contribution < 1.29 is 4.79 Å². The minimum atomic E-state index is -0.265. The van der Waals surface area contributed by atoms with Crippen molar-refractivity contribution in [3.05, 3.63) is 112 Å². The van der Waals surface area contributed by atoms with Crippen molar-refractivity contribution >= 4 is 16.7 Å². The van der Waals surface area contributed by atoms with E-state index in [1.165, 1.54) is 0 Å². The second-order valence-electron chi connectivity index (χ2n) is 7.04. The van der Waals surface area contributed by atoms with Crippen LogP contribution in [-0.4, -0.2) is 16.1 Å². The van der Waals surface area contributed by atoms with Gasteiger partial charge in [-0.3, -0.25) is 9.59 Å². The zero-order valence-electron chi connectivity index (χ0n) is 16.1. The van der Waals surface area contributed by atoms with E-state index in [1.54, 1.807) is 12.1 Å². The van der Waals surface area contributed by atoms with Gasteiger partial charge in [0.2, 0.25) is 5.91 Å². The summed E-state index contributed by atoms with van der Waals surface area (Å²) in [6.07, 6.45) is 0.0759. The molecule has 0 fully saturated rings. The predicted molar refractivity (Wildman–Crippen MR) is 114 cm³/mol. The maximum absolute atomic E-state index is 12.9. The lowest BCUT2D eigenvalue weighted by Crippen LogP contribution is -2.31. The van der Waals surface area contributed by atoms with Crippen LogP contribution in [0.2, 0.25) is 0 Å². The molecule has 1 heterocycles. The molecule has 5 heteroatoms. The number of hydrogen-bond acceptors (Lipinski definition) is 3. The number of fused-ring (bicyclic) bond motifs is 1. The zero-order valence-corrected chi connectivity index (χ0v) is 16.1. The normalized spacial score (nSPS) is 11.9. The third-order valence-corrected chi connectivity index (χ3v) is 4.95. The predicted octanol–water partition coefficient (Wildman–Crippen LogP) is 3.68. The second-order valence-corrected chi connectivity index (χ2v) is 7.04. The number of nitrogens with zero attached hydrogens (tertiary/aromatic N) is 1. The van der Waals surface area contributed by atoms with Gasteiger partial charge in [0.25, 0.3) is 5.56 Å². The fraction of sp³-hybridized carbons (Fsp3) is 0.125. The van der Waals surface area contributed by atoms with Gasteiger partial charge in [0.1, 0.15) is 0 Å². The highest BCUT2D eigenvalue weighted by Gasteiger charge is 2.18. The molecule has 2 N–H and O–H groups in total. The van der Waals surface area contributed by atoms with Crippen LogP contribution in [0.15, 0.2) is 83.7 Å². The molecule has 3 aromatic carbocycles. The molecular weight excluding hydrogens is 362 g/mol. The lowest BCUT2D eigenvalue weighted by Gasteiger charge is -2.20. The first-order valence-electron chi connectivity index (χ1n) is 9.49. The number of carbonyl (C=O) groups is 1. The molecule has 1 amide bonds. The molecule has 29 heavy (non-hydrogen) atoms. The number of H-pyrrole nitrogens is 1. The quantitative estimate of drug-likeness (QED) is 0.552. The summed E-state index contributed by atoms with van der Waals surface area (Å²) in [5, 5.41) is 10.9. The molecule has 0 radical (unpaired) electrons. The maximum Gasteiger partial charge on any atom is 0.272 e. The Kier molecular flexibility index (Phi) is 5.20. The van der Waals surface area contributed by atoms with Crippen LogP contribution in [0, 0.1) is 6.92 Å². The number of hydrogen-bond donors (Lipinski definition) is 2. The van der Waals surface area contributed by atoms with E-state index in [1.807, 2.05) is 73.7 Å². The van der Waals surface area contributed by atoms with E-state index in [-0.39, 0.29) is 23.9 Å². The van der Waals surface area contributed by atoms with Gasteiger partial charge in [-0.1, -0.05) is 78.4 Å². The molecule has 1 atom stereocenters. The van der Waals surface area contributed by atoms with E-state index in [4.69, 9.17) is 0 Å². The molecule has 0 saturated heterocycles. The zero-order chi connectivity index (χ0) is 20.2. The highest BCUT2D eigenvalue weighted by Crippen LogP contribution is 2.23. The van der Waals surface area contributed by atoms with Gasteiger partial charge in [-0.2, -0.15) is 5.10 Å². The molecule has 4 aromatic rings. The molecule has 144 valence electrons. The Labute approximate surface area is 168 Å². The minimum absolute atomic E-state index is 0.0759.